The summed E-state index contributed by atoms with van der Waals surface area (Å²) in [5.41, 5.74) is 2.88. The van der Waals surface area contributed by atoms with Gasteiger partial charge in [0.25, 0.3) is 0 Å². The third kappa shape index (κ3) is 2.99. The standard InChI is InChI=1S/C6H15NO/c1-4-6(5-2)7-8-3/h6-7H,4-5H2,1-3H3. The molecule has 0 unspecified atom stereocenters. The lowest BCUT2D eigenvalue weighted by atomic mass is 10.2. The molecule has 0 fully saturated rings. The van der Waals surface area contributed by atoms with Crippen LogP contribution in [0.4, 0.5) is 0 Å². The average molecular weight is 117 g/mol. The van der Waals surface area contributed by atoms with Crippen LogP contribution in [0.1, 0.15) is 26.7 Å². The first-order valence-corrected chi connectivity index (χ1v) is 3.13. The molecule has 0 aromatic heterocycles. The highest BCUT2D eigenvalue weighted by Gasteiger charge is 1.98. The van der Waals surface area contributed by atoms with Gasteiger partial charge >= 0.3 is 0 Å². The largest absolute Gasteiger partial charge is 0.305 e. The molecule has 0 bridgehead atoms. The summed E-state index contributed by atoms with van der Waals surface area (Å²) in [7, 11) is 1.65. The summed E-state index contributed by atoms with van der Waals surface area (Å²) >= 11 is 0. The van der Waals surface area contributed by atoms with Gasteiger partial charge in [0, 0.05) is 6.04 Å². The molecule has 0 rings (SSSR count). The van der Waals surface area contributed by atoms with Crippen molar-refractivity contribution in [3.05, 3.63) is 0 Å². The molecule has 0 saturated heterocycles. The van der Waals surface area contributed by atoms with Gasteiger partial charge in [0.2, 0.25) is 0 Å². The molecule has 0 heterocycles. The molecule has 0 aliphatic heterocycles. The van der Waals surface area contributed by atoms with Gasteiger partial charge in [0.05, 0.1) is 7.11 Å². The van der Waals surface area contributed by atoms with Crippen molar-refractivity contribution in [2.24, 2.45) is 0 Å². The Morgan fingerprint density at radius 3 is 2.00 bits per heavy atom. The second-order valence-electron chi connectivity index (χ2n) is 1.84. The van der Waals surface area contributed by atoms with Gasteiger partial charge < -0.3 is 4.84 Å². The number of rotatable bonds is 4. The fourth-order valence-electron chi connectivity index (χ4n) is 0.622. The molecule has 50 valence electrons. The van der Waals surface area contributed by atoms with Crippen molar-refractivity contribution in [3.8, 4) is 0 Å². The van der Waals surface area contributed by atoms with Crippen LogP contribution in [0.5, 0.6) is 0 Å². The highest BCUT2D eigenvalue weighted by atomic mass is 16.6. The smallest absolute Gasteiger partial charge is 0.0572 e. The first-order valence-electron chi connectivity index (χ1n) is 3.13. The second kappa shape index (κ2) is 5.06. The molecular formula is C6H15NO. The SMILES string of the molecule is CCC(CC)NOC. The zero-order valence-electron chi connectivity index (χ0n) is 5.90. The highest BCUT2D eigenvalue weighted by Crippen LogP contribution is 1.93. The van der Waals surface area contributed by atoms with Crippen LogP contribution in [-0.2, 0) is 4.84 Å². The van der Waals surface area contributed by atoms with Crippen molar-refractivity contribution in [2.75, 3.05) is 7.11 Å². The Morgan fingerprint density at radius 1 is 1.38 bits per heavy atom. The Balaban J connectivity index is 3.07. The van der Waals surface area contributed by atoms with Crippen molar-refractivity contribution < 1.29 is 4.84 Å². The first kappa shape index (κ1) is 7.92. The van der Waals surface area contributed by atoms with Crippen LogP contribution in [0.3, 0.4) is 0 Å². The van der Waals surface area contributed by atoms with E-state index in [9.17, 15) is 0 Å². The molecular weight excluding hydrogens is 102 g/mol. The molecule has 0 saturated carbocycles. The van der Waals surface area contributed by atoms with Crippen molar-refractivity contribution in [3.63, 3.8) is 0 Å². The van der Waals surface area contributed by atoms with E-state index >= 15 is 0 Å². The molecule has 0 aliphatic rings. The number of hydroxylamine groups is 1. The van der Waals surface area contributed by atoms with Crippen LogP contribution in [0.15, 0.2) is 0 Å². The van der Waals surface area contributed by atoms with E-state index in [0.29, 0.717) is 6.04 Å². The summed E-state index contributed by atoms with van der Waals surface area (Å²) < 4.78 is 0. The van der Waals surface area contributed by atoms with E-state index in [-0.39, 0.29) is 0 Å². The molecule has 0 amide bonds. The summed E-state index contributed by atoms with van der Waals surface area (Å²) in [6.45, 7) is 4.28. The average Bonchev–Trinajstić information content (AvgIpc) is 1.83. The van der Waals surface area contributed by atoms with Gasteiger partial charge in [-0.2, -0.15) is 5.48 Å². The summed E-state index contributed by atoms with van der Waals surface area (Å²) in [5, 5.41) is 0. The van der Waals surface area contributed by atoms with E-state index in [2.05, 4.69) is 19.3 Å². The van der Waals surface area contributed by atoms with E-state index in [1.54, 1.807) is 7.11 Å². The van der Waals surface area contributed by atoms with Gasteiger partial charge in [-0.05, 0) is 12.8 Å². The molecule has 2 nitrogen and oxygen atoms in total. The summed E-state index contributed by atoms with van der Waals surface area (Å²) in [5.74, 6) is 0. The van der Waals surface area contributed by atoms with Gasteiger partial charge in [-0.1, -0.05) is 13.8 Å². The minimum Gasteiger partial charge on any atom is -0.305 e. The Labute approximate surface area is 51.2 Å². The number of nitrogens with one attached hydrogen (secondary N) is 1. The van der Waals surface area contributed by atoms with Crippen LogP contribution in [0.2, 0.25) is 0 Å². The van der Waals surface area contributed by atoms with E-state index in [1.165, 1.54) is 0 Å². The van der Waals surface area contributed by atoms with E-state index in [4.69, 9.17) is 4.84 Å². The first-order chi connectivity index (χ1) is 3.85. The van der Waals surface area contributed by atoms with Crippen LogP contribution < -0.4 is 5.48 Å². The van der Waals surface area contributed by atoms with Crippen molar-refractivity contribution in [1.29, 1.82) is 0 Å². The summed E-state index contributed by atoms with van der Waals surface area (Å²) in [6, 6.07) is 0.528. The van der Waals surface area contributed by atoms with Gasteiger partial charge in [-0.3, -0.25) is 0 Å². The van der Waals surface area contributed by atoms with Gasteiger partial charge in [0.15, 0.2) is 0 Å². The van der Waals surface area contributed by atoms with Crippen LogP contribution in [0, 0.1) is 0 Å². The van der Waals surface area contributed by atoms with Crippen LogP contribution in [-0.4, -0.2) is 13.2 Å². The molecule has 1 N–H and O–H groups in total. The van der Waals surface area contributed by atoms with Gasteiger partial charge in [-0.25, -0.2) is 0 Å². The quantitative estimate of drug-likeness (QED) is 0.561. The molecule has 2 heteroatoms. The Hall–Kier alpha value is -0.0800. The lowest BCUT2D eigenvalue weighted by Crippen LogP contribution is -2.26. The van der Waals surface area contributed by atoms with Crippen LogP contribution in [0.25, 0.3) is 0 Å². The molecule has 0 aromatic rings. The normalized spacial score (nSPS) is 10.5. The topological polar surface area (TPSA) is 21.3 Å². The maximum absolute atomic E-state index is 4.74. The minimum atomic E-state index is 0.528. The van der Waals surface area contributed by atoms with E-state index in [0.717, 1.165) is 12.8 Å². The fraction of sp³-hybridized carbons (Fsp3) is 1.00. The molecule has 0 aromatic carbocycles. The van der Waals surface area contributed by atoms with Crippen molar-refractivity contribution in [1.82, 2.24) is 5.48 Å². The maximum Gasteiger partial charge on any atom is 0.0572 e. The lowest BCUT2D eigenvalue weighted by Gasteiger charge is -2.10. The monoisotopic (exact) mass is 117 g/mol. The Morgan fingerprint density at radius 2 is 1.88 bits per heavy atom. The molecule has 0 aliphatic carbocycles. The fourth-order valence-corrected chi connectivity index (χ4v) is 0.622. The van der Waals surface area contributed by atoms with Crippen LogP contribution >= 0.6 is 0 Å². The summed E-state index contributed by atoms with van der Waals surface area (Å²) in [6.07, 6.45) is 2.26. The Bertz CT molecular complexity index is 43.8. The predicted molar refractivity (Wildman–Crippen MR) is 34.5 cm³/mol. The van der Waals surface area contributed by atoms with Gasteiger partial charge in [0.1, 0.15) is 0 Å². The predicted octanol–water partition coefficient (Wildman–Crippen LogP) is 1.33. The molecule has 8 heavy (non-hydrogen) atoms. The van der Waals surface area contributed by atoms with Gasteiger partial charge in [-0.15, -0.1) is 0 Å². The zero-order valence-corrected chi connectivity index (χ0v) is 5.90. The molecule has 0 atom stereocenters. The van der Waals surface area contributed by atoms with E-state index < -0.39 is 0 Å². The van der Waals surface area contributed by atoms with E-state index in [1.807, 2.05) is 0 Å². The minimum absolute atomic E-state index is 0.528. The number of hydrogen-bond donors (Lipinski definition) is 1. The summed E-state index contributed by atoms with van der Waals surface area (Å²) in [4.78, 5) is 4.74. The molecule has 0 radical (unpaired) electrons. The van der Waals surface area contributed by atoms with Crippen molar-refractivity contribution in [2.45, 2.75) is 32.7 Å². The third-order valence-electron chi connectivity index (χ3n) is 1.27. The maximum atomic E-state index is 4.74. The highest BCUT2D eigenvalue weighted by molar-refractivity contribution is 4.53. The number of hydrogen-bond acceptors (Lipinski definition) is 2. The lowest BCUT2D eigenvalue weighted by molar-refractivity contribution is 0.0584. The molecule has 0 spiro atoms. The zero-order chi connectivity index (χ0) is 6.41. The second-order valence-corrected chi connectivity index (χ2v) is 1.84. The van der Waals surface area contributed by atoms with Crippen molar-refractivity contribution >= 4 is 0 Å². The Kier molecular flexibility index (Phi) is 5.01. The third-order valence-corrected chi connectivity index (χ3v) is 1.27.